The van der Waals surface area contributed by atoms with Gasteiger partial charge in [0.2, 0.25) is 11.8 Å². The first-order chi connectivity index (χ1) is 16.4. The molecule has 174 valence electrons. The quantitative estimate of drug-likeness (QED) is 0.344. The zero-order valence-electron chi connectivity index (χ0n) is 18.2. The van der Waals surface area contributed by atoms with Gasteiger partial charge in [0.1, 0.15) is 11.0 Å². The van der Waals surface area contributed by atoms with Crippen LogP contribution < -0.4 is 10.1 Å². The van der Waals surface area contributed by atoms with Crippen molar-refractivity contribution in [2.24, 2.45) is 4.99 Å². The third-order valence-electron chi connectivity index (χ3n) is 5.13. The highest BCUT2D eigenvalue weighted by atomic mass is 127. The van der Waals surface area contributed by atoms with Crippen LogP contribution >= 0.6 is 46.0 Å². The number of aliphatic imine (C=N–C) groups is 1. The monoisotopic (exact) mass is 605 g/mol. The number of carbonyl (C=O) groups is 2. The third kappa shape index (κ3) is 6.11. The van der Waals surface area contributed by atoms with Crippen LogP contribution in [0.1, 0.15) is 12.0 Å². The number of anilines is 1. The molecule has 1 N–H and O–H groups in total. The average Bonchev–Trinajstić information content (AvgIpc) is 2.84. The van der Waals surface area contributed by atoms with E-state index < -0.39 is 5.25 Å². The molecule has 1 fully saturated rings. The van der Waals surface area contributed by atoms with Crippen molar-refractivity contribution in [2.45, 2.75) is 18.2 Å². The Morgan fingerprint density at radius 2 is 1.85 bits per heavy atom. The molecule has 1 saturated heterocycles. The Labute approximate surface area is 220 Å². The van der Waals surface area contributed by atoms with E-state index in [0.29, 0.717) is 27.3 Å². The normalized spacial score (nSPS) is 17.0. The summed E-state index contributed by atoms with van der Waals surface area (Å²) in [7, 11) is 1.60. The minimum atomic E-state index is -0.605. The maximum absolute atomic E-state index is 13.2. The molecule has 1 atom stereocenters. The number of amides is 2. The van der Waals surface area contributed by atoms with E-state index in [4.69, 9.17) is 21.3 Å². The highest BCUT2D eigenvalue weighted by Gasteiger charge is 2.36. The summed E-state index contributed by atoms with van der Waals surface area (Å²) in [6, 6.07) is 22.1. The molecule has 1 unspecified atom stereocenters. The van der Waals surface area contributed by atoms with Gasteiger partial charge in [0.05, 0.1) is 19.3 Å². The summed E-state index contributed by atoms with van der Waals surface area (Å²) in [6.45, 7) is 0.270. The van der Waals surface area contributed by atoms with Crippen molar-refractivity contribution in [1.82, 2.24) is 4.90 Å². The molecule has 0 bridgehead atoms. The molecule has 0 aliphatic carbocycles. The van der Waals surface area contributed by atoms with Crippen LogP contribution in [-0.2, 0) is 16.1 Å². The number of nitrogens with zero attached hydrogens (tertiary/aromatic N) is 2. The number of carbonyl (C=O) groups excluding carboxylic acids is 2. The zero-order valence-corrected chi connectivity index (χ0v) is 21.9. The first-order valence-corrected chi connectivity index (χ1v) is 12.8. The number of hydrogen-bond donors (Lipinski definition) is 1. The van der Waals surface area contributed by atoms with Crippen LogP contribution in [0.2, 0.25) is 5.02 Å². The maximum atomic E-state index is 13.2. The largest absolute Gasteiger partial charge is 0.497 e. The molecule has 34 heavy (non-hydrogen) atoms. The molecule has 1 aliphatic heterocycles. The van der Waals surface area contributed by atoms with Crippen LogP contribution in [0.15, 0.2) is 77.8 Å². The summed E-state index contributed by atoms with van der Waals surface area (Å²) in [5.41, 5.74) is 2.15. The van der Waals surface area contributed by atoms with E-state index in [2.05, 4.69) is 27.9 Å². The van der Waals surface area contributed by atoms with Gasteiger partial charge in [-0.25, -0.2) is 4.99 Å². The fourth-order valence-corrected chi connectivity index (χ4v) is 4.97. The van der Waals surface area contributed by atoms with Gasteiger partial charge in [-0.2, -0.15) is 0 Å². The lowest BCUT2D eigenvalue weighted by molar-refractivity contribution is -0.129. The molecule has 3 aromatic carbocycles. The number of benzene rings is 3. The summed E-state index contributed by atoms with van der Waals surface area (Å²) in [6.07, 6.45) is 0.0625. The fourth-order valence-electron chi connectivity index (χ4n) is 3.32. The summed E-state index contributed by atoms with van der Waals surface area (Å²) >= 11 is 9.83. The lowest BCUT2D eigenvalue weighted by atomic mass is 10.2. The van der Waals surface area contributed by atoms with E-state index in [0.717, 1.165) is 9.13 Å². The Kier molecular flexibility index (Phi) is 8.12. The predicted molar refractivity (Wildman–Crippen MR) is 146 cm³/mol. The van der Waals surface area contributed by atoms with Gasteiger partial charge in [-0.3, -0.25) is 14.5 Å². The average molecular weight is 606 g/mol. The van der Waals surface area contributed by atoms with Gasteiger partial charge >= 0.3 is 0 Å². The second kappa shape index (κ2) is 11.2. The number of nitrogens with one attached hydrogen (secondary N) is 1. The van der Waals surface area contributed by atoms with Crippen molar-refractivity contribution in [3.05, 3.63) is 87.0 Å². The number of hydrogen-bond acceptors (Lipinski definition) is 5. The number of methoxy groups -OCH3 is 1. The van der Waals surface area contributed by atoms with Gasteiger partial charge in [-0.05, 0) is 82.8 Å². The van der Waals surface area contributed by atoms with Crippen molar-refractivity contribution < 1.29 is 14.3 Å². The van der Waals surface area contributed by atoms with Crippen molar-refractivity contribution in [3.63, 3.8) is 0 Å². The van der Waals surface area contributed by atoms with E-state index in [9.17, 15) is 9.59 Å². The third-order valence-corrected chi connectivity index (χ3v) is 7.40. The van der Waals surface area contributed by atoms with E-state index in [1.54, 1.807) is 42.3 Å². The number of amidine groups is 1. The lowest BCUT2D eigenvalue weighted by Crippen LogP contribution is -2.44. The summed E-state index contributed by atoms with van der Waals surface area (Å²) in [5.74, 6) is 0.284. The Morgan fingerprint density at radius 3 is 2.53 bits per heavy atom. The van der Waals surface area contributed by atoms with Crippen LogP contribution in [-0.4, -0.2) is 34.2 Å². The number of rotatable bonds is 6. The molecule has 3 aromatic rings. The maximum Gasteiger partial charge on any atom is 0.238 e. The Hall–Kier alpha value is -2.56. The van der Waals surface area contributed by atoms with Crippen LogP contribution in [0.5, 0.6) is 5.75 Å². The second-order valence-electron chi connectivity index (χ2n) is 7.47. The SMILES string of the molecule is COc1ccc(N=C2SC(C(=O)Nc3ccc(I)cc3)CC(=O)N2Cc2ccccc2Cl)cc1. The smallest absolute Gasteiger partial charge is 0.238 e. The first-order valence-electron chi connectivity index (χ1n) is 10.4. The summed E-state index contributed by atoms with van der Waals surface area (Å²) in [5, 5.41) is 3.32. The van der Waals surface area contributed by atoms with Gasteiger partial charge < -0.3 is 10.1 Å². The molecule has 0 radical (unpaired) electrons. The highest BCUT2D eigenvalue weighted by Crippen LogP contribution is 2.32. The minimum Gasteiger partial charge on any atom is -0.497 e. The van der Waals surface area contributed by atoms with Crippen LogP contribution in [0.25, 0.3) is 0 Å². The van der Waals surface area contributed by atoms with Crippen molar-refractivity contribution >= 4 is 74.3 Å². The molecule has 0 saturated carbocycles. The van der Waals surface area contributed by atoms with Gasteiger partial charge in [0, 0.05) is 20.7 Å². The molecule has 0 spiro atoms. The molecule has 4 rings (SSSR count). The molecule has 1 aliphatic rings. The second-order valence-corrected chi connectivity index (χ2v) is 10.3. The van der Waals surface area contributed by atoms with Gasteiger partial charge in [-0.1, -0.05) is 41.6 Å². The zero-order chi connectivity index (χ0) is 24.1. The number of halogens is 2. The topological polar surface area (TPSA) is 71.0 Å². The molecule has 6 nitrogen and oxygen atoms in total. The molecule has 2 amide bonds. The minimum absolute atomic E-state index is 0.0625. The molecule has 1 heterocycles. The standard InChI is InChI=1S/C25H21ClIN3O3S/c1-33-20-12-10-19(11-13-20)29-25-30(15-16-4-2-3-5-21(16)26)23(31)14-22(34-25)24(32)28-18-8-6-17(27)7-9-18/h2-13,22H,14-15H2,1H3,(H,28,32). The Morgan fingerprint density at radius 1 is 1.15 bits per heavy atom. The van der Waals surface area contributed by atoms with Gasteiger partial charge in [0.25, 0.3) is 0 Å². The predicted octanol–water partition coefficient (Wildman–Crippen LogP) is 6.11. The van der Waals surface area contributed by atoms with E-state index in [1.807, 2.05) is 42.5 Å². The molecular formula is C25H21ClIN3O3S. The molecule has 0 aromatic heterocycles. The van der Waals surface area contributed by atoms with Crippen molar-refractivity contribution in [2.75, 3.05) is 12.4 Å². The Bertz CT molecular complexity index is 1220. The molecular weight excluding hydrogens is 585 g/mol. The van der Waals surface area contributed by atoms with Crippen LogP contribution in [0.4, 0.5) is 11.4 Å². The lowest BCUT2D eigenvalue weighted by Gasteiger charge is -2.32. The van der Waals surface area contributed by atoms with Crippen LogP contribution in [0.3, 0.4) is 0 Å². The first kappa shape index (κ1) is 24.6. The summed E-state index contributed by atoms with van der Waals surface area (Å²) < 4.78 is 6.29. The van der Waals surface area contributed by atoms with Crippen molar-refractivity contribution in [3.8, 4) is 5.75 Å². The van der Waals surface area contributed by atoms with E-state index in [1.165, 1.54) is 11.8 Å². The van der Waals surface area contributed by atoms with Gasteiger partial charge in [0.15, 0.2) is 5.17 Å². The number of ether oxygens (including phenoxy) is 1. The fraction of sp³-hybridized carbons (Fsp3) is 0.160. The van der Waals surface area contributed by atoms with Gasteiger partial charge in [-0.15, -0.1) is 0 Å². The Balaban J connectivity index is 1.61. The van der Waals surface area contributed by atoms with E-state index in [-0.39, 0.29) is 24.8 Å². The summed E-state index contributed by atoms with van der Waals surface area (Å²) in [4.78, 5) is 32.5. The molecule has 9 heteroatoms. The van der Waals surface area contributed by atoms with E-state index >= 15 is 0 Å². The number of thioether (sulfide) groups is 1. The van der Waals surface area contributed by atoms with Crippen molar-refractivity contribution in [1.29, 1.82) is 0 Å². The van der Waals surface area contributed by atoms with Crippen LogP contribution in [0, 0.1) is 3.57 Å². The highest BCUT2D eigenvalue weighted by molar-refractivity contribution is 14.1.